The minimum Gasteiger partial charge on any atom is -0.321 e. The van der Waals surface area contributed by atoms with E-state index in [0.717, 1.165) is 27.6 Å². The van der Waals surface area contributed by atoms with Gasteiger partial charge in [0.2, 0.25) is 0 Å². The smallest absolute Gasteiger partial charge is 0.138 e. The zero-order valence-electron chi connectivity index (χ0n) is 10.5. The first-order valence-electron chi connectivity index (χ1n) is 5.89. The normalized spacial score (nSPS) is 11.4. The molecule has 0 aliphatic heterocycles. The quantitative estimate of drug-likeness (QED) is 0.465. The molecule has 104 valence electrons. The zero-order valence-corrected chi connectivity index (χ0v) is 14.3. The van der Waals surface area contributed by atoms with Gasteiger partial charge in [0.15, 0.2) is 0 Å². The van der Waals surface area contributed by atoms with E-state index in [1.54, 1.807) is 17.4 Å². The summed E-state index contributed by atoms with van der Waals surface area (Å²) in [5.41, 5.74) is 2.46. The van der Waals surface area contributed by atoms with E-state index in [9.17, 15) is 4.39 Å². The van der Waals surface area contributed by atoms with Gasteiger partial charge in [-0.25, -0.2) is 14.4 Å². The van der Waals surface area contributed by atoms with Crippen molar-refractivity contribution in [2.45, 2.75) is 19.3 Å². The second-order valence-electron chi connectivity index (χ2n) is 4.36. The second-order valence-corrected chi connectivity index (χ2v) is 6.85. The van der Waals surface area contributed by atoms with E-state index < -0.39 is 0 Å². The lowest BCUT2D eigenvalue weighted by Crippen LogP contribution is -2.04. The molecule has 1 aromatic carbocycles. The van der Waals surface area contributed by atoms with Crippen molar-refractivity contribution in [1.29, 1.82) is 0 Å². The number of thiazole rings is 1. The molecule has 0 saturated heterocycles. The van der Waals surface area contributed by atoms with Crippen LogP contribution >= 0.6 is 45.5 Å². The van der Waals surface area contributed by atoms with Crippen molar-refractivity contribution in [3.63, 3.8) is 0 Å². The summed E-state index contributed by atoms with van der Waals surface area (Å²) in [6.45, 7) is 2.52. The Morgan fingerprint density at radius 1 is 1.40 bits per heavy atom. The molecule has 0 fully saturated rings. The lowest BCUT2D eigenvalue weighted by Gasteiger charge is -2.05. The van der Waals surface area contributed by atoms with E-state index in [1.165, 1.54) is 6.07 Å². The van der Waals surface area contributed by atoms with Crippen LogP contribution in [-0.4, -0.2) is 14.5 Å². The van der Waals surface area contributed by atoms with Gasteiger partial charge in [0, 0.05) is 11.4 Å². The van der Waals surface area contributed by atoms with Gasteiger partial charge >= 0.3 is 0 Å². The third kappa shape index (κ3) is 2.56. The number of hydrogen-bond acceptors (Lipinski definition) is 3. The van der Waals surface area contributed by atoms with Crippen LogP contribution in [0.1, 0.15) is 16.5 Å². The fourth-order valence-corrected chi connectivity index (χ4v) is 3.35. The number of rotatable bonds is 3. The number of benzene rings is 1. The maximum atomic E-state index is 13.8. The van der Waals surface area contributed by atoms with Crippen molar-refractivity contribution in [2.75, 3.05) is 0 Å². The lowest BCUT2D eigenvalue weighted by molar-refractivity contribution is 0.621. The number of aryl methyl sites for hydroxylation is 1. The Labute approximate surface area is 137 Å². The van der Waals surface area contributed by atoms with Crippen LogP contribution in [0.3, 0.4) is 0 Å². The zero-order chi connectivity index (χ0) is 14.3. The molecular weight excluding hydrogens is 412 g/mol. The highest BCUT2D eigenvalue weighted by Crippen LogP contribution is 2.24. The molecular formula is C13H10ClFIN3S. The molecule has 3 rings (SSSR count). The van der Waals surface area contributed by atoms with Gasteiger partial charge in [0.05, 0.1) is 37.7 Å². The maximum Gasteiger partial charge on any atom is 0.138 e. The minimum atomic E-state index is -0.241. The Balaban J connectivity index is 2.14. The molecule has 0 radical (unpaired) electrons. The molecule has 0 aliphatic rings. The standard InChI is InChI=1S/C13H10ClFIN3S/c1-7-17-8(6-20-7)5-19-12-2-9(15)10(16)3-11(12)18-13(19)4-14/h2-3,6H,4-5H2,1H3. The van der Waals surface area contributed by atoms with Crippen molar-refractivity contribution < 1.29 is 4.39 Å². The van der Waals surface area contributed by atoms with Crippen molar-refractivity contribution >= 4 is 56.6 Å². The summed E-state index contributed by atoms with van der Waals surface area (Å²) in [6.07, 6.45) is 0. The van der Waals surface area contributed by atoms with Gasteiger partial charge in [-0.3, -0.25) is 0 Å². The molecule has 20 heavy (non-hydrogen) atoms. The van der Waals surface area contributed by atoms with Crippen LogP contribution < -0.4 is 0 Å². The Kier molecular flexibility index (Phi) is 3.96. The van der Waals surface area contributed by atoms with Crippen LogP contribution in [-0.2, 0) is 12.4 Å². The highest BCUT2D eigenvalue weighted by molar-refractivity contribution is 14.1. The van der Waals surface area contributed by atoms with Crippen LogP contribution in [0.2, 0.25) is 0 Å². The van der Waals surface area contributed by atoms with E-state index in [2.05, 4.69) is 9.97 Å². The van der Waals surface area contributed by atoms with E-state index in [0.29, 0.717) is 10.1 Å². The van der Waals surface area contributed by atoms with Gasteiger partial charge in [-0.15, -0.1) is 22.9 Å². The molecule has 0 N–H and O–H groups in total. The van der Waals surface area contributed by atoms with E-state index in [4.69, 9.17) is 11.6 Å². The van der Waals surface area contributed by atoms with Crippen LogP contribution in [0.5, 0.6) is 0 Å². The molecule has 2 heterocycles. The van der Waals surface area contributed by atoms with Gasteiger partial charge in [-0.2, -0.15) is 0 Å². The summed E-state index contributed by atoms with van der Waals surface area (Å²) in [4.78, 5) is 8.91. The number of alkyl halides is 1. The third-order valence-electron chi connectivity index (χ3n) is 2.98. The van der Waals surface area contributed by atoms with Crippen molar-refractivity contribution in [2.24, 2.45) is 0 Å². The Morgan fingerprint density at radius 3 is 2.85 bits per heavy atom. The van der Waals surface area contributed by atoms with Crippen molar-refractivity contribution in [3.05, 3.63) is 43.4 Å². The SMILES string of the molecule is Cc1nc(Cn2c(CCl)nc3cc(I)c(F)cc32)cs1. The Bertz CT molecular complexity index is 783. The number of fused-ring (bicyclic) bond motifs is 1. The monoisotopic (exact) mass is 421 g/mol. The first-order valence-corrected chi connectivity index (χ1v) is 8.39. The fourth-order valence-electron chi connectivity index (χ4n) is 2.09. The van der Waals surface area contributed by atoms with E-state index >= 15 is 0 Å². The average Bonchev–Trinajstić information content (AvgIpc) is 2.96. The van der Waals surface area contributed by atoms with Crippen molar-refractivity contribution in [1.82, 2.24) is 14.5 Å². The number of halogens is 3. The topological polar surface area (TPSA) is 30.7 Å². The minimum absolute atomic E-state index is 0.241. The summed E-state index contributed by atoms with van der Waals surface area (Å²) in [5.74, 6) is 0.777. The first-order chi connectivity index (χ1) is 9.58. The fraction of sp³-hybridized carbons (Fsp3) is 0.231. The van der Waals surface area contributed by atoms with Gasteiger partial charge < -0.3 is 4.57 Å². The number of nitrogens with zero attached hydrogens (tertiary/aromatic N) is 3. The summed E-state index contributed by atoms with van der Waals surface area (Å²) in [6, 6.07) is 3.25. The predicted octanol–water partition coefficient (Wildman–Crippen LogP) is 4.33. The molecule has 0 unspecified atom stereocenters. The van der Waals surface area contributed by atoms with Gasteiger partial charge in [0.1, 0.15) is 11.6 Å². The summed E-state index contributed by atoms with van der Waals surface area (Å²) in [7, 11) is 0. The maximum absolute atomic E-state index is 13.8. The molecule has 0 aliphatic carbocycles. The van der Waals surface area contributed by atoms with E-state index in [1.807, 2.05) is 39.5 Å². The molecule has 3 nitrogen and oxygen atoms in total. The molecule has 0 saturated carbocycles. The molecule has 7 heteroatoms. The van der Waals surface area contributed by atoms with Gasteiger partial charge in [-0.05, 0) is 35.6 Å². The molecule has 0 amide bonds. The Hall–Kier alpha value is -0.730. The highest BCUT2D eigenvalue weighted by atomic mass is 127. The van der Waals surface area contributed by atoms with Crippen LogP contribution in [0.25, 0.3) is 11.0 Å². The van der Waals surface area contributed by atoms with Gasteiger partial charge in [0.25, 0.3) is 0 Å². The third-order valence-corrected chi connectivity index (χ3v) is 4.86. The number of hydrogen-bond donors (Lipinski definition) is 0. The molecule has 2 aromatic heterocycles. The summed E-state index contributed by atoms with van der Waals surface area (Å²) in [5, 5.41) is 3.01. The Morgan fingerprint density at radius 2 is 2.20 bits per heavy atom. The molecule has 0 spiro atoms. The summed E-state index contributed by atoms with van der Waals surface area (Å²) < 4.78 is 16.3. The van der Waals surface area contributed by atoms with Crippen molar-refractivity contribution in [3.8, 4) is 0 Å². The predicted molar refractivity (Wildman–Crippen MR) is 87.9 cm³/mol. The van der Waals surface area contributed by atoms with Crippen LogP contribution in [0.4, 0.5) is 4.39 Å². The highest BCUT2D eigenvalue weighted by Gasteiger charge is 2.14. The molecule has 0 bridgehead atoms. The largest absolute Gasteiger partial charge is 0.321 e. The first kappa shape index (κ1) is 14.2. The lowest BCUT2D eigenvalue weighted by atomic mass is 10.3. The van der Waals surface area contributed by atoms with E-state index in [-0.39, 0.29) is 11.7 Å². The molecule has 3 aromatic rings. The summed E-state index contributed by atoms with van der Waals surface area (Å²) >= 11 is 9.52. The van der Waals surface area contributed by atoms with Crippen LogP contribution in [0.15, 0.2) is 17.5 Å². The average molecular weight is 422 g/mol. The molecule has 0 atom stereocenters. The van der Waals surface area contributed by atoms with Crippen LogP contribution in [0, 0.1) is 16.3 Å². The van der Waals surface area contributed by atoms with Gasteiger partial charge in [-0.1, -0.05) is 0 Å². The second kappa shape index (κ2) is 5.57. The number of aromatic nitrogens is 3. The number of imidazole rings is 1.